The molecule has 1 aromatic carbocycles. The van der Waals surface area contributed by atoms with E-state index < -0.39 is 0 Å². The molecular weight excluding hydrogens is 347 g/mol. The van der Waals surface area contributed by atoms with Crippen LogP contribution in [-0.2, 0) is 4.74 Å². The number of hydrogen-bond donors (Lipinski definition) is 1. The number of nitro groups is 1. The Hall–Kier alpha value is -0.890. The normalized spacial score (nSPS) is 11.3. The van der Waals surface area contributed by atoms with Gasteiger partial charge >= 0.3 is 0 Å². The van der Waals surface area contributed by atoms with E-state index in [1.54, 1.807) is 12.1 Å². The first kappa shape index (κ1) is 15.2. The first-order valence-electron chi connectivity index (χ1n) is 5.67. The van der Waals surface area contributed by atoms with Crippen molar-refractivity contribution in [1.29, 1.82) is 0 Å². The lowest BCUT2D eigenvalue weighted by atomic mass is 10.1. The second-order valence-corrected chi connectivity index (χ2v) is 5.63. The average molecular weight is 364 g/mol. The number of anilines is 1. The van der Waals surface area contributed by atoms with Gasteiger partial charge in [-0.25, -0.2) is 0 Å². The molecule has 0 bridgehead atoms. The maximum absolute atomic E-state index is 10.7. The van der Waals surface area contributed by atoms with E-state index in [4.69, 9.17) is 4.74 Å². The van der Waals surface area contributed by atoms with Crippen molar-refractivity contribution in [3.05, 3.63) is 31.9 Å². The summed E-state index contributed by atoms with van der Waals surface area (Å²) in [7, 11) is 0. The molecule has 1 aromatic rings. The SMILES string of the molecule is CCOC(C)(C)CNc1ccc([N+](=O)[O-])c(I)c1. The number of nitrogens with zero attached hydrogens (tertiary/aromatic N) is 1. The van der Waals surface area contributed by atoms with E-state index in [0.29, 0.717) is 16.7 Å². The van der Waals surface area contributed by atoms with Gasteiger partial charge in [0.25, 0.3) is 5.69 Å². The number of hydrogen-bond acceptors (Lipinski definition) is 4. The lowest BCUT2D eigenvalue weighted by Gasteiger charge is -2.25. The number of nitro benzene ring substituents is 1. The highest BCUT2D eigenvalue weighted by atomic mass is 127. The summed E-state index contributed by atoms with van der Waals surface area (Å²) in [6, 6.07) is 4.99. The van der Waals surface area contributed by atoms with Crippen molar-refractivity contribution >= 4 is 34.0 Å². The number of benzene rings is 1. The second-order valence-electron chi connectivity index (χ2n) is 4.47. The van der Waals surface area contributed by atoms with Gasteiger partial charge in [-0.3, -0.25) is 10.1 Å². The zero-order valence-electron chi connectivity index (χ0n) is 10.7. The molecule has 0 aromatic heterocycles. The molecule has 18 heavy (non-hydrogen) atoms. The molecular formula is C12H17IN2O3. The quantitative estimate of drug-likeness (QED) is 0.477. The predicted octanol–water partition coefficient (Wildman–Crippen LogP) is 3.43. The molecule has 100 valence electrons. The van der Waals surface area contributed by atoms with Gasteiger partial charge in [-0.1, -0.05) is 0 Å². The van der Waals surface area contributed by atoms with Crippen LogP contribution in [0.4, 0.5) is 11.4 Å². The summed E-state index contributed by atoms with van der Waals surface area (Å²) in [5, 5.41) is 13.9. The molecule has 0 atom stereocenters. The van der Waals surface area contributed by atoms with Crippen LogP contribution in [0.25, 0.3) is 0 Å². The molecule has 1 rings (SSSR count). The molecule has 5 nitrogen and oxygen atoms in total. The number of ether oxygens (including phenoxy) is 1. The summed E-state index contributed by atoms with van der Waals surface area (Å²) in [5.74, 6) is 0. The Balaban J connectivity index is 2.70. The van der Waals surface area contributed by atoms with E-state index in [1.165, 1.54) is 6.07 Å². The topological polar surface area (TPSA) is 64.4 Å². The second kappa shape index (κ2) is 6.33. The van der Waals surface area contributed by atoms with Gasteiger partial charge in [0.1, 0.15) is 0 Å². The molecule has 0 amide bonds. The van der Waals surface area contributed by atoms with Gasteiger partial charge in [0.2, 0.25) is 0 Å². The summed E-state index contributed by atoms with van der Waals surface area (Å²) < 4.78 is 6.19. The molecule has 6 heteroatoms. The van der Waals surface area contributed by atoms with Gasteiger partial charge < -0.3 is 10.1 Å². The van der Waals surface area contributed by atoms with Gasteiger partial charge in [0, 0.05) is 24.9 Å². The third-order valence-electron chi connectivity index (χ3n) is 2.40. The van der Waals surface area contributed by atoms with Crippen molar-refractivity contribution in [2.45, 2.75) is 26.4 Å². The minimum Gasteiger partial charge on any atom is -0.382 e. The molecule has 0 aliphatic heterocycles. The first-order chi connectivity index (χ1) is 8.35. The highest BCUT2D eigenvalue weighted by Gasteiger charge is 2.18. The standard InChI is InChI=1S/C12H17IN2O3/c1-4-18-12(2,3)8-14-9-5-6-11(15(16)17)10(13)7-9/h5-7,14H,4,8H2,1-3H3. The summed E-state index contributed by atoms with van der Waals surface area (Å²) in [5.41, 5.74) is 0.727. The number of rotatable bonds is 6. The van der Waals surface area contributed by atoms with Crippen molar-refractivity contribution in [2.75, 3.05) is 18.5 Å². The van der Waals surface area contributed by atoms with Crippen LogP contribution >= 0.6 is 22.6 Å². The first-order valence-corrected chi connectivity index (χ1v) is 6.75. The number of nitrogens with one attached hydrogen (secondary N) is 1. The van der Waals surface area contributed by atoms with Crippen LogP contribution in [0.1, 0.15) is 20.8 Å². The highest BCUT2D eigenvalue weighted by molar-refractivity contribution is 14.1. The molecule has 0 fully saturated rings. The summed E-state index contributed by atoms with van der Waals surface area (Å²) >= 11 is 1.97. The van der Waals surface area contributed by atoms with Gasteiger partial charge in [-0.2, -0.15) is 0 Å². The summed E-state index contributed by atoms with van der Waals surface area (Å²) in [6.07, 6.45) is 0. The third-order valence-corrected chi connectivity index (χ3v) is 3.26. The van der Waals surface area contributed by atoms with Crippen molar-refractivity contribution in [1.82, 2.24) is 0 Å². The Morgan fingerprint density at radius 3 is 2.67 bits per heavy atom. The molecule has 0 unspecified atom stereocenters. The Kier molecular flexibility index (Phi) is 5.33. The predicted molar refractivity (Wildman–Crippen MR) is 80.0 cm³/mol. The van der Waals surface area contributed by atoms with Crippen LogP contribution in [0.2, 0.25) is 0 Å². The van der Waals surface area contributed by atoms with Crippen LogP contribution in [0, 0.1) is 13.7 Å². The molecule has 0 heterocycles. The van der Waals surface area contributed by atoms with Crippen LogP contribution < -0.4 is 5.32 Å². The third kappa shape index (κ3) is 4.41. The van der Waals surface area contributed by atoms with Crippen molar-refractivity contribution < 1.29 is 9.66 Å². The zero-order valence-corrected chi connectivity index (χ0v) is 12.9. The molecule has 0 saturated heterocycles. The fourth-order valence-corrected chi connectivity index (χ4v) is 2.23. The van der Waals surface area contributed by atoms with E-state index >= 15 is 0 Å². The minimum absolute atomic E-state index is 0.130. The van der Waals surface area contributed by atoms with E-state index in [1.807, 2.05) is 43.4 Å². The van der Waals surface area contributed by atoms with Crippen LogP contribution in [-0.4, -0.2) is 23.7 Å². The van der Waals surface area contributed by atoms with E-state index in [9.17, 15) is 10.1 Å². The van der Waals surface area contributed by atoms with Crippen LogP contribution in [0.15, 0.2) is 18.2 Å². The maximum Gasteiger partial charge on any atom is 0.282 e. The monoisotopic (exact) mass is 364 g/mol. The van der Waals surface area contributed by atoms with Crippen LogP contribution in [0.3, 0.4) is 0 Å². The Morgan fingerprint density at radius 2 is 2.17 bits per heavy atom. The van der Waals surface area contributed by atoms with Crippen molar-refractivity contribution in [2.24, 2.45) is 0 Å². The molecule has 0 saturated carbocycles. The molecule has 0 aliphatic carbocycles. The fraction of sp³-hybridized carbons (Fsp3) is 0.500. The van der Waals surface area contributed by atoms with Crippen molar-refractivity contribution in [3.63, 3.8) is 0 Å². The van der Waals surface area contributed by atoms with Crippen molar-refractivity contribution in [3.8, 4) is 0 Å². The van der Waals surface area contributed by atoms with E-state index in [0.717, 1.165) is 5.69 Å². The average Bonchev–Trinajstić information content (AvgIpc) is 2.26. The summed E-state index contributed by atoms with van der Waals surface area (Å²) in [4.78, 5) is 10.3. The van der Waals surface area contributed by atoms with E-state index in [2.05, 4.69) is 5.32 Å². The van der Waals surface area contributed by atoms with Gasteiger partial charge in [-0.15, -0.1) is 0 Å². The van der Waals surface area contributed by atoms with Crippen LogP contribution in [0.5, 0.6) is 0 Å². The van der Waals surface area contributed by atoms with Gasteiger partial charge in [0.05, 0.1) is 14.1 Å². The minimum atomic E-state index is -0.379. The lowest BCUT2D eigenvalue weighted by Crippen LogP contribution is -2.33. The highest BCUT2D eigenvalue weighted by Crippen LogP contribution is 2.24. The zero-order chi connectivity index (χ0) is 13.8. The Morgan fingerprint density at radius 1 is 1.50 bits per heavy atom. The fourth-order valence-electron chi connectivity index (χ4n) is 1.52. The van der Waals surface area contributed by atoms with Gasteiger partial charge in [-0.05, 0) is 55.5 Å². The Bertz CT molecular complexity index is 435. The molecule has 0 radical (unpaired) electrons. The largest absolute Gasteiger partial charge is 0.382 e. The molecule has 1 N–H and O–H groups in total. The maximum atomic E-state index is 10.7. The molecule has 0 aliphatic rings. The summed E-state index contributed by atoms with van der Waals surface area (Å²) in [6.45, 7) is 7.26. The van der Waals surface area contributed by atoms with E-state index in [-0.39, 0.29) is 16.2 Å². The smallest absolute Gasteiger partial charge is 0.282 e. The van der Waals surface area contributed by atoms with Gasteiger partial charge in [0.15, 0.2) is 0 Å². The Labute approximate surface area is 120 Å². The lowest BCUT2D eigenvalue weighted by molar-refractivity contribution is -0.385. The number of halogens is 1. The molecule has 0 spiro atoms.